The molecule has 3 aromatic rings. The van der Waals surface area contributed by atoms with Gasteiger partial charge < -0.3 is 14.8 Å². The van der Waals surface area contributed by atoms with Crippen molar-refractivity contribution in [3.05, 3.63) is 93.1 Å². The van der Waals surface area contributed by atoms with Crippen LogP contribution in [0.15, 0.2) is 60.3 Å². The van der Waals surface area contributed by atoms with E-state index in [-0.39, 0.29) is 5.91 Å². The van der Waals surface area contributed by atoms with E-state index in [2.05, 4.69) is 12.2 Å². The van der Waals surface area contributed by atoms with Crippen molar-refractivity contribution in [1.29, 1.82) is 0 Å². The molecule has 0 radical (unpaired) electrons. The number of aryl methyl sites for hydroxylation is 3. The number of thiocarbonyl (C=S) groups is 1. The Morgan fingerprint density at radius 3 is 2.46 bits per heavy atom. The van der Waals surface area contributed by atoms with Crippen LogP contribution in [-0.4, -0.2) is 18.1 Å². The van der Waals surface area contributed by atoms with Crippen molar-refractivity contribution in [3.63, 3.8) is 0 Å². The molecule has 35 heavy (non-hydrogen) atoms. The van der Waals surface area contributed by atoms with Crippen molar-refractivity contribution in [2.45, 2.75) is 33.8 Å². The third kappa shape index (κ3) is 5.19. The first-order valence-electron chi connectivity index (χ1n) is 11.3. The van der Waals surface area contributed by atoms with Gasteiger partial charge in [-0.2, -0.15) is 0 Å². The Balaban J connectivity index is 1.59. The van der Waals surface area contributed by atoms with Crippen LogP contribution >= 0.6 is 23.8 Å². The molecule has 1 aliphatic rings. The minimum Gasteiger partial charge on any atom is -0.496 e. The molecule has 1 amide bonds. The van der Waals surface area contributed by atoms with Crippen LogP contribution in [0.1, 0.15) is 34.7 Å². The van der Waals surface area contributed by atoms with E-state index in [1.807, 2.05) is 68.4 Å². The summed E-state index contributed by atoms with van der Waals surface area (Å²) >= 11 is 11.8. The normalized spacial score (nSPS) is 14.4. The molecule has 0 aliphatic carbocycles. The summed E-state index contributed by atoms with van der Waals surface area (Å²) in [5.41, 5.74) is 5.89. The molecule has 0 spiro atoms. The molecule has 5 nitrogen and oxygen atoms in total. The van der Waals surface area contributed by atoms with Gasteiger partial charge in [-0.15, -0.1) is 0 Å². The van der Waals surface area contributed by atoms with E-state index in [4.69, 9.17) is 33.3 Å². The second kappa shape index (κ2) is 10.5. The zero-order valence-corrected chi connectivity index (χ0v) is 21.7. The molecule has 7 heteroatoms. The van der Waals surface area contributed by atoms with Crippen LogP contribution in [0.25, 0.3) is 6.08 Å². The number of amides is 1. The number of carbonyl (C=O) groups is 1. The fourth-order valence-corrected chi connectivity index (χ4v) is 4.50. The quantitative estimate of drug-likeness (QED) is 0.298. The number of benzene rings is 3. The molecule has 1 fully saturated rings. The number of ether oxygens (including phenoxy) is 2. The lowest BCUT2D eigenvalue weighted by atomic mass is 10.1. The number of hydrogen-bond acceptors (Lipinski definition) is 4. The summed E-state index contributed by atoms with van der Waals surface area (Å²) in [4.78, 5) is 14.8. The molecule has 1 N–H and O–H groups in total. The van der Waals surface area contributed by atoms with E-state index in [1.54, 1.807) is 18.1 Å². The predicted molar refractivity (Wildman–Crippen MR) is 145 cm³/mol. The third-order valence-electron chi connectivity index (χ3n) is 5.91. The summed E-state index contributed by atoms with van der Waals surface area (Å²) in [5, 5.41) is 4.18. The number of anilines is 1. The highest BCUT2D eigenvalue weighted by Gasteiger charge is 2.33. The van der Waals surface area contributed by atoms with Crippen LogP contribution in [-0.2, 0) is 17.8 Å². The van der Waals surface area contributed by atoms with E-state index in [1.165, 1.54) is 0 Å². The molecule has 180 valence electrons. The first kappa shape index (κ1) is 24.8. The Labute approximate surface area is 216 Å². The van der Waals surface area contributed by atoms with Crippen molar-refractivity contribution in [2.24, 2.45) is 0 Å². The van der Waals surface area contributed by atoms with Crippen molar-refractivity contribution >= 4 is 46.6 Å². The molecule has 1 saturated heterocycles. The topological polar surface area (TPSA) is 50.8 Å². The number of carbonyl (C=O) groups excluding carboxylic acids is 1. The van der Waals surface area contributed by atoms with Gasteiger partial charge in [-0.05, 0) is 91.1 Å². The first-order valence-corrected chi connectivity index (χ1v) is 12.1. The van der Waals surface area contributed by atoms with Gasteiger partial charge in [0.1, 0.15) is 23.8 Å². The Bertz CT molecular complexity index is 1310. The SMILES string of the molecule is CCc1ccccc1N1C(=O)/C(=C\c2ccc(OC)c(COc3cc(C)c(Cl)c(C)c3)c2)NC1=S. The number of nitrogens with one attached hydrogen (secondary N) is 1. The van der Waals surface area contributed by atoms with Gasteiger partial charge in [0.05, 0.1) is 12.8 Å². The molecule has 0 saturated carbocycles. The van der Waals surface area contributed by atoms with E-state index >= 15 is 0 Å². The highest BCUT2D eigenvalue weighted by molar-refractivity contribution is 7.80. The lowest BCUT2D eigenvalue weighted by Gasteiger charge is -2.17. The summed E-state index contributed by atoms with van der Waals surface area (Å²) in [7, 11) is 1.62. The largest absolute Gasteiger partial charge is 0.496 e. The van der Waals surface area contributed by atoms with Crippen molar-refractivity contribution in [3.8, 4) is 11.5 Å². The highest BCUT2D eigenvalue weighted by Crippen LogP contribution is 2.29. The van der Waals surface area contributed by atoms with Gasteiger partial charge in [0.2, 0.25) is 0 Å². The first-order chi connectivity index (χ1) is 16.8. The number of nitrogens with zero attached hydrogens (tertiary/aromatic N) is 1. The molecular formula is C28H27ClN2O3S. The molecule has 3 aromatic carbocycles. The number of rotatable bonds is 7. The smallest absolute Gasteiger partial charge is 0.281 e. The van der Waals surface area contributed by atoms with Crippen molar-refractivity contribution < 1.29 is 14.3 Å². The molecule has 0 bridgehead atoms. The van der Waals surface area contributed by atoms with Crippen LogP contribution in [0.4, 0.5) is 5.69 Å². The monoisotopic (exact) mass is 506 g/mol. The van der Waals surface area contributed by atoms with Gasteiger partial charge in [0, 0.05) is 10.6 Å². The molecular weight excluding hydrogens is 480 g/mol. The standard InChI is InChI=1S/C28H27ClN2O3S/c1-5-20-8-6-7-9-24(20)31-27(32)23(30-28(31)35)15-19-10-11-25(33-4)21(14-19)16-34-22-12-17(2)26(29)18(3)13-22/h6-15H,5,16H2,1-4H3,(H,30,35)/b23-15+. The van der Waals surface area contributed by atoms with Crippen LogP contribution < -0.4 is 19.7 Å². The Morgan fingerprint density at radius 1 is 1.06 bits per heavy atom. The van der Waals surface area contributed by atoms with Gasteiger partial charge in [-0.1, -0.05) is 42.8 Å². The van der Waals surface area contributed by atoms with Gasteiger partial charge in [0.25, 0.3) is 5.91 Å². The van der Waals surface area contributed by atoms with Gasteiger partial charge in [-0.25, -0.2) is 0 Å². The average molecular weight is 507 g/mol. The van der Waals surface area contributed by atoms with Gasteiger partial charge in [-0.3, -0.25) is 9.69 Å². The third-order valence-corrected chi connectivity index (χ3v) is 6.79. The van der Waals surface area contributed by atoms with E-state index in [0.29, 0.717) is 23.2 Å². The zero-order chi connectivity index (χ0) is 25.1. The van der Waals surface area contributed by atoms with Crippen LogP contribution in [0.5, 0.6) is 11.5 Å². The molecule has 1 aliphatic heterocycles. The Kier molecular flexibility index (Phi) is 7.43. The number of halogens is 1. The van der Waals surface area contributed by atoms with Gasteiger partial charge in [0.15, 0.2) is 5.11 Å². The van der Waals surface area contributed by atoms with Gasteiger partial charge >= 0.3 is 0 Å². The van der Waals surface area contributed by atoms with Crippen LogP contribution in [0, 0.1) is 13.8 Å². The molecule has 0 unspecified atom stereocenters. The molecule has 4 rings (SSSR count). The lowest BCUT2D eigenvalue weighted by molar-refractivity contribution is -0.113. The van der Waals surface area contributed by atoms with Crippen molar-refractivity contribution in [2.75, 3.05) is 12.0 Å². The number of methoxy groups -OCH3 is 1. The lowest BCUT2D eigenvalue weighted by Crippen LogP contribution is -2.31. The van der Waals surface area contributed by atoms with E-state index in [0.717, 1.165) is 50.7 Å². The second-order valence-corrected chi connectivity index (χ2v) is 9.11. The van der Waals surface area contributed by atoms with Crippen molar-refractivity contribution in [1.82, 2.24) is 5.32 Å². The fourth-order valence-electron chi connectivity index (χ4n) is 4.10. The summed E-state index contributed by atoms with van der Waals surface area (Å²) in [6, 6.07) is 17.3. The Morgan fingerprint density at radius 2 is 1.77 bits per heavy atom. The minimum absolute atomic E-state index is 0.184. The zero-order valence-electron chi connectivity index (χ0n) is 20.1. The van der Waals surface area contributed by atoms with Crippen LogP contribution in [0.2, 0.25) is 5.02 Å². The maximum absolute atomic E-state index is 13.2. The fraction of sp³-hybridized carbons (Fsp3) is 0.214. The summed E-state index contributed by atoms with van der Waals surface area (Å²) < 4.78 is 11.6. The number of para-hydroxylation sites is 1. The maximum atomic E-state index is 13.2. The summed E-state index contributed by atoms with van der Waals surface area (Å²) in [6.45, 7) is 6.26. The number of hydrogen-bond donors (Lipinski definition) is 1. The summed E-state index contributed by atoms with van der Waals surface area (Å²) in [5.74, 6) is 1.25. The summed E-state index contributed by atoms with van der Waals surface area (Å²) in [6.07, 6.45) is 2.60. The Hall–Kier alpha value is -3.35. The molecule has 0 aromatic heterocycles. The van der Waals surface area contributed by atoms with E-state index in [9.17, 15) is 4.79 Å². The average Bonchev–Trinajstić information content (AvgIpc) is 3.13. The molecule has 1 heterocycles. The van der Waals surface area contributed by atoms with E-state index < -0.39 is 0 Å². The highest BCUT2D eigenvalue weighted by atomic mass is 35.5. The maximum Gasteiger partial charge on any atom is 0.281 e. The predicted octanol–water partition coefficient (Wildman–Crippen LogP) is 6.37. The van der Waals surface area contributed by atoms with Crippen LogP contribution in [0.3, 0.4) is 0 Å². The second-order valence-electron chi connectivity index (χ2n) is 8.34. The molecule has 0 atom stereocenters. The minimum atomic E-state index is -0.184.